The zero-order valence-electron chi connectivity index (χ0n) is 11.9. The normalized spacial score (nSPS) is 19.8. The van der Waals surface area contributed by atoms with E-state index in [1.807, 2.05) is 0 Å². The summed E-state index contributed by atoms with van der Waals surface area (Å²) in [6.45, 7) is 11.1. The molecular weight excluding hydrogens is 212 g/mol. The topological polar surface area (TPSA) is 24.5 Å². The van der Waals surface area contributed by atoms with Crippen LogP contribution in [0.3, 0.4) is 0 Å². The summed E-state index contributed by atoms with van der Waals surface area (Å²) in [6, 6.07) is 0. The Morgan fingerprint density at radius 1 is 1.18 bits per heavy atom. The molecule has 3 nitrogen and oxygen atoms in total. The van der Waals surface area contributed by atoms with Gasteiger partial charge >= 0.3 is 0 Å². The van der Waals surface area contributed by atoms with Crippen molar-refractivity contribution in [3.63, 3.8) is 0 Å². The maximum atomic E-state index is 5.53. The molecule has 0 aliphatic carbocycles. The molecule has 3 heteroatoms. The number of rotatable bonds is 8. The highest BCUT2D eigenvalue weighted by Gasteiger charge is 2.33. The van der Waals surface area contributed by atoms with E-state index in [-0.39, 0.29) is 0 Å². The molecule has 0 radical (unpaired) electrons. The van der Waals surface area contributed by atoms with Crippen LogP contribution in [0.4, 0.5) is 0 Å². The van der Waals surface area contributed by atoms with E-state index in [0.29, 0.717) is 5.41 Å². The number of hydrogen-bond donors (Lipinski definition) is 1. The fourth-order valence-corrected chi connectivity index (χ4v) is 2.76. The summed E-state index contributed by atoms with van der Waals surface area (Å²) in [5.74, 6) is 0. The van der Waals surface area contributed by atoms with Gasteiger partial charge in [-0.05, 0) is 51.2 Å². The molecule has 0 amide bonds. The lowest BCUT2D eigenvalue weighted by molar-refractivity contribution is -0.000445. The van der Waals surface area contributed by atoms with Crippen molar-refractivity contribution in [2.75, 3.05) is 46.4 Å². The van der Waals surface area contributed by atoms with Gasteiger partial charge in [-0.3, -0.25) is 0 Å². The molecule has 1 rings (SSSR count). The lowest BCUT2D eigenvalue weighted by Crippen LogP contribution is -2.46. The molecule has 1 aliphatic rings. The molecule has 0 unspecified atom stereocenters. The molecule has 1 heterocycles. The summed E-state index contributed by atoms with van der Waals surface area (Å²) in [5, 5.41) is 3.61. The first kappa shape index (κ1) is 14.9. The van der Waals surface area contributed by atoms with E-state index < -0.39 is 0 Å². The molecule has 0 aromatic carbocycles. The van der Waals surface area contributed by atoms with Gasteiger partial charge in [-0.1, -0.05) is 13.8 Å². The molecule has 1 aliphatic heterocycles. The van der Waals surface area contributed by atoms with Gasteiger partial charge in [0.15, 0.2) is 0 Å². The zero-order chi connectivity index (χ0) is 12.6. The van der Waals surface area contributed by atoms with Crippen LogP contribution in [0.15, 0.2) is 0 Å². The van der Waals surface area contributed by atoms with Crippen LogP contribution in [-0.2, 0) is 4.74 Å². The van der Waals surface area contributed by atoms with Gasteiger partial charge in [0.25, 0.3) is 0 Å². The summed E-state index contributed by atoms with van der Waals surface area (Å²) in [5.41, 5.74) is 0.442. The molecule has 102 valence electrons. The third-order valence-electron chi connectivity index (χ3n) is 3.69. The predicted molar refractivity (Wildman–Crippen MR) is 73.4 cm³/mol. The Morgan fingerprint density at radius 3 is 2.47 bits per heavy atom. The van der Waals surface area contributed by atoms with Crippen molar-refractivity contribution < 1.29 is 4.74 Å². The average Bonchev–Trinajstić information content (AvgIpc) is 2.30. The van der Waals surface area contributed by atoms with Crippen LogP contribution < -0.4 is 5.32 Å². The van der Waals surface area contributed by atoms with Gasteiger partial charge in [-0.2, -0.15) is 0 Å². The van der Waals surface area contributed by atoms with Crippen molar-refractivity contribution in [1.82, 2.24) is 10.2 Å². The molecule has 0 spiro atoms. The van der Waals surface area contributed by atoms with E-state index in [4.69, 9.17) is 4.74 Å². The Balaban J connectivity index is 2.45. The molecule has 0 aromatic rings. The highest BCUT2D eigenvalue weighted by atomic mass is 16.5. The van der Waals surface area contributed by atoms with Crippen molar-refractivity contribution >= 4 is 0 Å². The molecule has 0 saturated carbocycles. The highest BCUT2D eigenvalue weighted by molar-refractivity contribution is 4.86. The summed E-state index contributed by atoms with van der Waals surface area (Å²) < 4.78 is 5.53. The Kier molecular flexibility index (Phi) is 7.09. The average molecular weight is 242 g/mol. The summed E-state index contributed by atoms with van der Waals surface area (Å²) in [7, 11) is 2.25. The number of ether oxygens (including phenoxy) is 1. The first-order chi connectivity index (χ1) is 8.22. The standard InChI is InChI=1S/C14H30N2O/c1-4-8-15-12-14(6-10-17-11-7-14)13-16(3)9-5-2/h15H,4-13H2,1-3H3. The molecule has 0 bridgehead atoms. The molecule has 0 atom stereocenters. The van der Waals surface area contributed by atoms with Crippen LogP contribution in [0.1, 0.15) is 39.5 Å². The summed E-state index contributed by atoms with van der Waals surface area (Å²) in [4.78, 5) is 2.49. The third-order valence-corrected chi connectivity index (χ3v) is 3.69. The Labute approximate surface area is 107 Å². The fraction of sp³-hybridized carbons (Fsp3) is 1.00. The molecule has 1 fully saturated rings. The number of hydrogen-bond acceptors (Lipinski definition) is 3. The molecule has 1 saturated heterocycles. The van der Waals surface area contributed by atoms with E-state index in [2.05, 4.69) is 31.1 Å². The quantitative estimate of drug-likeness (QED) is 0.660. The molecular formula is C14H30N2O. The summed E-state index contributed by atoms with van der Waals surface area (Å²) >= 11 is 0. The maximum Gasteiger partial charge on any atom is 0.0472 e. The summed E-state index contributed by atoms with van der Waals surface area (Å²) in [6.07, 6.45) is 4.87. The molecule has 1 N–H and O–H groups in total. The SMILES string of the molecule is CCCNCC1(CN(C)CCC)CCOCC1. The first-order valence-electron chi connectivity index (χ1n) is 7.19. The van der Waals surface area contributed by atoms with Crippen molar-refractivity contribution in [2.45, 2.75) is 39.5 Å². The van der Waals surface area contributed by atoms with Crippen LogP contribution in [-0.4, -0.2) is 51.3 Å². The monoisotopic (exact) mass is 242 g/mol. The van der Waals surface area contributed by atoms with Crippen molar-refractivity contribution in [2.24, 2.45) is 5.41 Å². The van der Waals surface area contributed by atoms with Crippen LogP contribution in [0.25, 0.3) is 0 Å². The fourth-order valence-electron chi connectivity index (χ4n) is 2.76. The van der Waals surface area contributed by atoms with Crippen LogP contribution >= 0.6 is 0 Å². The minimum Gasteiger partial charge on any atom is -0.381 e. The third kappa shape index (κ3) is 5.36. The minimum absolute atomic E-state index is 0.442. The van der Waals surface area contributed by atoms with Gasteiger partial charge in [0, 0.05) is 26.3 Å². The van der Waals surface area contributed by atoms with Crippen LogP contribution in [0.5, 0.6) is 0 Å². The van der Waals surface area contributed by atoms with Gasteiger partial charge < -0.3 is 15.0 Å². The smallest absolute Gasteiger partial charge is 0.0472 e. The second-order valence-corrected chi connectivity index (χ2v) is 5.53. The van der Waals surface area contributed by atoms with E-state index >= 15 is 0 Å². The van der Waals surface area contributed by atoms with E-state index in [1.165, 1.54) is 38.8 Å². The van der Waals surface area contributed by atoms with Gasteiger partial charge in [-0.25, -0.2) is 0 Å². The minimum atomic E-state index is 0.442. The second-order valence-electron chi connectivity index (χ2n) is 5.53. The Morgan fingerprint density at radius 2 is 1.88 bits per heavy atom. The predicted octanol–water partition coefficient (Wildman–Crippen LogP) is 2.12. The van der Waals surface area contributed by atoms with Gasteiger partial charge in [0.2, 0.25) is 0 Å². The second kappa shape index (κ2) is 8.06. The van der Waals surface area contributed by atoms with Gasteiger partial charge in [0.05, 0.1) is 0 Å². The maximum absolute atomic E-state index is 5.53. The lowest BCUT2D eigenvalue weighted by Gasteiger charge is -2.40. The van der Waals surface area contributed by atoms with E-state index in [0.717, 1.165) is 26.3 Å². The largest absolute Gasteiger partial charge is 0.381 e. The van der Waals surface area contributed by atoms with Crippen LogP contribution in [0, 0.1) is 5.41 Å². The molecule has 0 aromatic heterocycles. The van der Waals surface area contributed by atoms with E-state index in [9.17, 15) is 0 Å². The van der Waals surface area contributed by atoms with Crippen LogP contribution in [0.2, 0.25) is 0 Å². The van der Waals surface area contributed by atoms with Crippen molar-refractivity contribution in [1.29, 1.82) is 0 Å². The molecule has 17 heavy (non-hydrogen) atoms. The number of nitrogens with one attached hydrogen (secondary N) is 1. The lowest BCUT2D eigenvalue weighted by atomic mass is 9.79. The van der Waals surface area contributed by atoms with E-state index in [1.54, 1.807) is 0 Å². The van der Waals surface area contributed by atoms with Crippen molar-refractivity contribution in [3.05, 3.63) is 0 Å². The highest BCUT2D eigenvalue weighted by Crippen LogP contribution is 2.30. The zero-order valence-corrected chi connectivity index (χ0v) is 11.9. The number of nitrogens with zero attached hydrogens (tertiary/aromatic N) is 1. The van der Waals surface area contributed by atoms with Gasteiger partial charge in [0.1, 0.15) is 0 Å². The van der Waals surface area contributed by atoms with Gasteiger partial charge in [-0.15, -0.1) is 0 Å². The van der Waals surface area contributed by atoms with Crippen molar-refractivity contribution in [3.8, 4) is 0 Å². The Bertz CT molecular complexity index is 191. The first-order valence-corrected chi connectivity index (χ1v) is 7.19. The Hall–Kier alpha value is -0.120.